The van der Waals surface area contributed by atoms with Crippen LogP contribution in [0.2, 0.25) is 0 Å². The van der Waals surface area contributed by atoms with Crippen LogP contribution in [0.4, 0.5) is 5.69 Å². The standard InChI is InChI=1S/C8H9NO5S/c1-15(13,14)9-6-3-2-5(8(11)12)4-7(6)10/h2-4,9-10H,1H3,(H,11,12). The van der Waals surface area contributed by atoms with Gasteiger partial charge < -0.3 is 10.2 Å². The van der Waals surface area contributed by atoms with E-state index in [4.69, 9.17) is 5.11 Å². The first-order valence-corrected chi connectivity index (χ1v) is 5.73. The monoisotopic (exact) mass is 231 g/mol. The molecule has 6 nitrogen and oxygen atoms in total. The van der Waals surface area contributed by atoms with Crippen molar-refractivity contribution >= 4 is 21.7 Å². The van der Waals surface area contributed by atoms with Gasteiger partial charge in [0, 0.05) is 0 Å². The van der Waals surface area contributed by atoms with Gasteiger partial charge in [0.25, 0.3) is 0 Å². The molecule has 3 N–H and O–H groups in total. The molecule has 82 valence electrons. The van der Waals surface area contributed by atoms with Gasteiger partial charge in [0.1, 0.15) is 5.75 Å². The Bertz CT molecular complexity index is 494. The molecule has 0 fully saturated rings. The summed E-state index contributed by atoms with van der Waals surface area (Å²) in [7, 11) is -3.49. The van der Waals surface area contributed by atoms with Gasteiger partial charge in [-0.1, -0.05) is 0 Å². The summed E-state index contributed by atoms with van der Waals surface area (Å²) in [6, 6.07) is 3.34. The van der Waals surface area contributed by atoms with Gasteiger partial charge in [-0.15, -0.1) is 0 Å². The molecular formula is C8H9NO5S. The highest BCUT2D eigenvalue weighted by Crippen LogP contribution is 2.24. The van der Waals surface area contributed by atoms with E-state index in [2.05, 4.69) is 0 Å². The molecule has 1 rings (SSSR count). The molecule has 0 spiro atoms. The maximum absolute atomic E-state index is 10.8. The Morgan fingerprint density at radius 2 is 2.00 bits per heavy atom. The number of benzene rings is 1. The SMILES string of the molecule is CS(=O)(=O)Nc1ccc(C(=O)O)cc1O. The van der Waals surface area contributed by atoms with Crippen LogP contribution in [-0.2, 0) is 10.0 Å². The Kier molecular flexibility index (Phi) is 2.85. The van der Waals surface area contributed by atoms with Crippen LogP contribution in [-0.4, -0.2) is 30.9 Å². The predicted molar refractivity (Wildman–Crippen MR) is 53.5 cm³/mol. The van der Waals surface area contributed by atoms with Gasteiger partial charge in [0.2, 0.25) is 10.0 Å². The number of anilines is 1. The molecule has 0 aliphatic carbocycles. The van der Waals surface area contributed by atoms with Gasteiger partial charge in [-0.05, 0) is 18.2 Å². The van der Waals surface area contributed by atoms with Crippen molar-refractivity contribution in [1.29, 1.82) is 0 Å². The third-order valence-electron chi connectivity index (χ3n) is 1.54. The third-order valence-corrected chi connectivity index (χ3v) is 2.13. The molecular weight excluding hydrogens is 222 g/mol. The van der Waals surface area contributed by atoms with Crippen LogP contribution < -0.4 is 4.72 Å². The Labute approximate surface area is 86.2 Å². The lowest BCUT2D eigenvalue weighted by Crippen LogP contribution is -2.10. The number of nitrogens with one attached hydrogen (secondary N) is 1. The van der Waals surface area contributed by atoms with E-state index in [1.807, 2.05) is 4.72 Å². The largest absolute Gasteiger partial charge is 0.506 e. The summed E-state index contributed by atoms with van der Waals surface area (Å²) in [6.07, 6.45) is 0.928. The van der Waals surface area contributed by atoms with E-state index in [1.54, 1.807) is 0 Å². The lowest BCUT2D eigenvalue weighted by molar-refractivity contribution is 0.0696. The number of rotatable bonds is 3. The quantitative estimate of drug-likeness (QED) is 0.656. The fraction of sp³-hybridized carbons (Fsp3) is 0.125. The van der Waals surface area contributed by atoms with Crippen LogP contribution in [0.15, 0.2) is 18.2 Å². The van der Waals surface area contributed by atoms with E-state index in [0.717, 1.165) is 12.3 Å². The third kappa shape index (κ3) is 3.13. The van der Waals surface area contributed by atoms with Gasteiger partial charge in [0.15, 0.2) is 0 Å². The van der Waals surface area contributed by atoms with Crippen molar-refractivity contribution in [2.24, 2.45) is 0 Å². The minimum atomic E-state index is -3.49. The summed E-state index contributed by atoms with van der Waals surface area (Å²) < 4.78 is 23.7. The number of carbonyl (C=O) groups is 1. The van der Waals surface area contributed by atoms with E-state index in [9.17, 15) is 18.3 Å². The first kappa shape index (κ1) is 11.3. The minimum Gasteiger partial charge on any atom is -0.506 e. The Morgan fingerprint density at radius 3 is 2.40 bits per heavy atom. The number of aromatic carboxylic acids is 1. The fourth-order valence-electron chi connectivity index (χ4n) is 0.951. The summed E-state index contributed by atoms with van der Waals surface area (Å²) in [6.45, 7) is 0. The number of phenols is 1. The Hall–Kier alpha value is -1.76. The number of sulfonamides is 1. The van der Waals surface area contributed by atoms with E-state index in [1.165, 1.54) is 12.1 Å². The molecule has 0 aliphatic rings. The molecule has 15 heavy (non-hydrogen) atoms. The number of hydrogen-bond acceptors (Lipinski definition) is 4. The zero-order chi connectivity index (χ0) is 11.6. The summed E-state index contributed by atoms with van der Waals surface area (Å²) in [4.78, 5) is 10.5. The van der Waals surface area contributed by atoms with Crippen LogP contribution >= 0.6 is 0 Å². The molecule has 0 heterocycles. The molecule has 7 heteroatoms. The first-order valence-electron chi connectivity index (χ1n) is 3.84. The lowest BCUT2D eigenvalue weighted by atomic mass is 10.2. The molecule has 0 saturated carbocycles. The van der Waals surface area contributed by atoms with Crippen molar-refractivity contribution in [2.75, 3.05) is 11.0 Å². The van der Waals surface area contributed by atoms with Crippen molar-refractivity contribution in [3.63, 3.8) is 0 Å². The average molecular weight is 231 g/mol. The highest BCUT2D eigenvalue weighted by Gasteiger charge is 2.10. The summed E-state index contributed by atoms with van der Waals surface area (Å²) in [5.74, 6) is -1.63. The zero-order valence-corrected chi connectivity index (χ0v) is 8.58. The van der Waals surface area contributed by atoms with Crippen molar-refractivity contribution in [1.82, 2.24) is 0 Å². The van der Waals surface area contributed by atoms with Crippen LogP contribution in [0.3, 0.4) is 0 Å². The molecule has 0 aliphatic heterocycles. The molecule has 0 unspecified atom stereocenters. The van der Waals surface area contributed by atoms with Crippen LogP contribution in [0.25, 0.3) is 0 Å². The fourth-order valence-corrected chi connectivity index (χ4v) is 1.52. The normalized spacial score (nSPS) is 11.0. The van der Waals surface area contributed by atoms with E-state index in [0.29, 0.717) is 0 Å². The van der Waals surface area contributed by atoms with E-state index >= 15 is 0 Å². The van der Waals surface area contributed by atoms with Crippen molar-refractivity contribution in [2.45, 2.75) is 0 Å². The van der Waals surface area contributed by atoms with Crippen LogP contribution in [0.1, 0.15) is 10.4 Å². The van der Waals surface area contributed by atoms with Gasteiger partial charge in [0.05, 0.1) is 17.5 Å². The number of aromatic hydroxyl groups is 1. The van der Waals surface area contributed by atoms with Crippen LogP contribution in [0.5, 0.6) is 5.75 Å². The van der Waals surface area contributed by atoms with Gasteiger partial charge >= 0.3 is 5.97 Å². The number of hydrogen-bond donors (Lipinski definition) is 3. The smallest absolute Gasteiger partial charge is 0.335 e. The van der Waals surface area contributed by atoms with Gasteiger partial charge in [-0.25, -0.2) is 13.2 Å². The van der Waals surface area contributed by atoms with E-state index < -0.39 is 21.7 Å². The first-order chi connectivity index (χ1) is 6.79. The Balaban J connectivity index is 3.09. The summed E-state index contributed by atoms with van der Waals surface area (Å²) in [5.41, 5.74) is -0.172. The molecule has 0 bridgehead atoms. The van der Waals surface area contributed by atoms with Crippen molar-refractivity contribution in [3.8, 4) is 5.75 Å². The predicted octanol–water partition coefficient (Wildman–Crippen LogP) is 0.462. The maximum Gasteiger partial charge on any atom is 0.335 e. The highest BCUT2D eigenvalue weighted by molar-refractivity contribution is 7.92. The molecule has 1 aromatic rings. The topological polar surface area (TPSA) is 104 Å². The van der Waals surface area contributed by atoms with Crippen molar-refractivity contribution < 1.29 is 23.4 Å². The second-order valence-electron chi connectivity index (χ2n) is 2.91. The molecule has 0 aromatic heterocycles. The van der Waals surface area contributed by atoms with Crippen molar-refractivity contribution in [3.05, 3.63) is 23.8 Å². The number of phenolic OH excluding ortho intramolecular Hbond substituents is 1. The molecule has 0 radical (unpaired) electrons. The zero-order valence-electron chi connectivity index (χ0n) is 7.76. The Morgan fingerprint density at radius 1 is 1.40 bits per heavy atom. The summed E-state index contributed by atoms with van der Waals surface area (Å²) in [5, 5.41) is 17.9. The summed E-state index contributed by atoms with van der Waals surface area (Å²) >= 11 is 0. The number of carboxylic acids is 1. The average Bonchev–Trinajstić information content (AvgIpc) is 2.05. The van der Waals surface area contributed by atoms with Crippen LogP contribution in [0, 0.1) is 0 Å². The lowest BCUT2D eigenvalue weighted by Gasteiger charge is -2.06. The molecule has 0 atom stereocenters. The molecule has 1 aromatic carbocycles. The second-order valence-corrected chi connectivity index (χ2v) is 4.66. The van der Waals surface area contributed by atoms with Gasteiger partial charge in [-0.2, -0.15) is 0 Å². The van der Waals surface area contributed by atoms with Gasteiger partial charge in [-0.3, -0.25) is 4.72 Å². The minimum absolute atomic E-state index is 0.0532. The van der Waals surface area contributed by atoms with E-state index in [-0.39, 0.29) is 11.3 Å². The molecule has 0 saturated heterocycles. The maximum atomic E-state index is 10.8. The second kappa shape index (κ2) is 3.77. The highest BCUT2D eigenvalue weighted by atomic mass is 32.2. The molecule has 0 amide bonds. The number of carboxylic acid groups (broad SMARTS) is 1.